The third kappa shape index (κ3) is 5.16. The molecule has 2 atom stereocenters. The summed E-state index contributed by atoms with van der Waals surface area (Å²) in [5, 5.41) is 0.273. The van der Waals surface area contributed by atoms with Crippen molar-refractivity contribution >= 4 is 32.8 Å². The van der Waals surface area contributed by atoms with Crippen molar-refractivity contribution in [2.75, 3.05) is 18.8 Å². The first kappa shape index (κ1) is 27.3. The van der Waals surface area contributed by atoms with Crippen LogP contribution in [0.3, 0.4) is 0 Å². The molecule has 41 heavy (non-hydrogen) atoms. The average molecular weight is 578 g/mol. The Kier molecular flexibility index (Phi) is 7.18. The van der Waals surface area contributed by atoms with Gasteiger partial charge in [-0.05, 0) is 57.1 Å². The first-order valence-corrected chi connectivity index (χ1v) is 15.4. The molecule has 6 rings (SSSR count). The number of halogens is 1. The van der Waals surface area contributed by atoms with Crippen molar-refractivity contribution in [3.05, 3.63) is 60.1 Å². The SMILES string of the molecule is Cc1ccc(S(=O)(=O)n2cc(-c3ncc(F)c(C[C@@H]4CCC[C@H](C(=O)N5CCCC5)C4)n3)c3c(N)ncnc32)cc1. The fourth-order valence-corrected chi connectivity index (χ4v) is 7.40. The van der Waals surface area contributed by atoms with Gasteiger partial charge in [-0.3, -0.25) is 4.79 Å². The lowest BCUT2D eigenvalue weighted by Crippen LogP contribution is -2.36. The summed E-state index contributed by atoms with van der Waals surface area (Å²) in [6.45, 7) is 3.52. The van der Waals surface area contributed by atoms with Crippen molar-refractivity contribution in [2.45, 2.75) is 56.8 Å². The molecule has 4 heterocycles. The molecule has 2 fully saturated rings. The second-order valence-corrected chi connectivity index (χ2v) is 12.9. The highest BCUT2D eigenvalue weighted by atomic mass is 32.2. The number of nitrogens with zero attached hydrogens (tertiary/aromatic N) is 6. The van der Waals surface area contributed by atoms with Gasteiger partial charge >= 0.3 is 0 Å². The van der Waals surface area contributed by atoms with Gasteiger partial charge in [-0.15, -0.1) is 0 Å². The summed E-state index contributed by atoms with van der Waals surface area (Å²) in [4.78, 5) is 32.1. The Morgan fingerprint density at radius 3 is 2.59 bits per heavy atom. The molecule has 0 spiro atoms. The Morgan fingerprint density at radius 2 is 1.83 bits per heavy atom. The normalized spacial score (nSPS) is 19.6. The Morgan fingerprint density at radius 1 is 1.07 bits per heavy atom. The lowest BCUT2D eigenvalue weighted by Gasteiger charge is -2.31. The fraction of sp³-hybridized carbons (Fsp3) is 0.414. The number of likely N-dealkylation sites (tertiary alicyclic amines) is 1. The predicted octanol–water partition coefficient (Wildman–Crippen LogP) is 4.13. The first-order chi connectivity index (χ1) is 19.7. The van der Waals surface area contributed by atoms with Crippen LogP contribution in [-0.4, -0.2) is 56.2 Å². The van der Waals surface area contributed by atoms with Crippen molar-refractivity contribution in [1.82, 2.24) is 28.8 Å². The molecule has 2 aliphatic rings. The smallest absolute Gasteiger partial charge is 0.269 e. The van der Waals surface area contributed by atoms with Crippen LogP contribution in [0.2, 0.25) is 0 Å². The molecule has 4 aromatic rings. The van der Waals surface area contributed by atoms with E-state index in [0.717, 1.165) is 60.9 Å². The van der Waals surface area contributed by atoms with Crippen molar-refractivity contribution in [2.24, 2.45) is 11.8 Å². The van der Waals surface area contributed by atoms with Gasteiger partial charge in [0.15, 0.2) is 17.3 Å². The van der Waals surface area contributed by atoms with E-state index < -0.39 is 15.8 Å². The minimum atomic E-state index is -4.04. The molecule has 214 valence electrons. The zero-order valence-electron chi connectivity index (χ0n) is 22.8. The molecule has 1 aliphatic carbocycles. The predicted molar refractivity (Wildman–Crippen MR) is 152 cm³/mol. The number of fused-ring (bicyclic) bond motifs is 1. The van der Waals surface area contributed by atoms with Gasteiger partial charge in [-0.2, -0.15) is 0 Å². The van der Waals surface area contributed by atoms with Crippen molar-refractivity contribution in [3.8, 4) is 11.4 Å². The van der Waals surface area contributed by atoms with E-state index in [1.165, 1.54) is 24.7 Å². The van der Waals surface area contributed by atoms with Crippen LogP contribution in [0.15, 0.2) is 47.9 Å². The van der Waals surface area contributed by atoms with Crippen LogP contribution in [0.1, 0.15) is 49.8 Å². The molecule has 3 aromatic heterocycles. The summed E-state index contributed by atoms with van der Waals surface area (Å²) in [6, 6.07) is 6.48. The number of aromatic nitrogens is 5. The third-order valence-electron chi connectivity index (χ3n) is 8.25. The zero-order valence-corrected chi connectivity index (χ0v) is 23.6. The third-order valence-corrected chi connectivity index (χ3v) is 9.91. The number of hydrogen-bond acceptors (Lipinski definition) is 8. The number of rotatable bonds is 6. The van der Waals surface area contributed by atoms with E-state index >= 15 is 4.39 Å². The van der Waals surface area contributed by atoms with E-state index in [4.69, 9.17) is 5.73 Å². The van der Waals surface area contributed by atoms with E-state index in [0.29, 0.717) is 18.4 Å². The molecule has 2 N–H and O–H groups in total. The molecule has 1 saturated heterocycles. The monoisotopic (exact) mass is 577 g/mol. The highest BCUT2D eigenvalue weighted by Gasteiger charge is 2.32. The van der Waals surface area contributed by atoms with Gasteiger partial charge in [-0.25, -0.2) is 36.7 Å². The van der Waals surface area contributed by atoms with Gasteiger partial charge in [0, 0.05) is 25.2 Å². The van der Waals surface area contributed by atoms with Crippen molar-refractivity contribution < 1.29 is 17.6 Å². The quantitative estimate of drug-likeness (QED) is 0.361. The number of benzene rings is 1. The standard InChI is InChI=1S/C29H32FN7O3S/c1-18-7-9-21(10-8-18)41(39,40)37-16-22(25-26(31)33-17-34-28(25)37)27-32-15-23(30)24(35-27)14-19-5-4-6-20(13-19)29(38)36-11-2-3-12-36/h7-10,15-17,19-20H,2-6,11-14H2,1H3,(H2,31,33,34)/t19-,20+/m1/s1. The molecule has 12 heteroatoms. The van der Waals surface area contributed by atoms with Crippen LogP contribution in [0.5, 0.6) is 0 Å². The van der Waals surface area contributed by atoms with Crippen molar-refractivity contribution in [3.63, 3.8) is 0 Å². The minimum absolute atomic E-state index is 0.0434. The second-order valence-electron chi connectivity index (χ2n) is 11.1. The minimum Gasteiger partial charge on any atom is -0.383 e. The van der Waals surface area contributed by atoms with Crippen LogP contribution in [0.25, 0.3) is 22.4 Å². The van der Waals surface area contributed by atoms with Gasteiger partial charge < -0.3 is 10.6 Å². The lowest BCUT2D eigenvalue weighted by molar-refractivity contribution is -0.136. The maximum atomic E-state index is 15.0. The Balaban J connectivity index is 1.34. The zero-order chi connectivity index (χ0) is 28.7. The summed E-state index contributed by atoms with van der Waals surface area (Å²) >= 11 is 0. The van der Waals surface area contributed by atoms with E-state index in [2.05, 4.69) is 19.9 Å². The van der Waals surface area contributed by atoms with Crippen molar-refractivity contribution in [1.29, 1.82) is 0 Å². The van der Waals surface area contributed by atoms with Gasteiger partial charge in [-0.1, -0.05) is 30.5 Å². The Hall–Kier alpha value is -3.93. The number of carbonyl (C=O) groups is 1. The molecular weight excluding hydrogens is 545 g/mol. The van der Waals surface area contributed by atoms with Gasteiger partial charge in [0.05, 0.1) is 27.7 Å². The van der Waals surface area contributed by atoms with Crippen LogP contribution in [-0.2, 0) is 21.2 Å². The number of amides is 1. The number of nitrogen functional groups attached to an aromatic ring is 1. The summed E-state index contributed by atoms with van der Waals surface area (Å²) < 4.78 is 43.3. The molecule has 0 unspecified atom stereocenters. The highest BCUT2D eigenvalue weighted by molar-refractivity contribution is 7.90. The maximum absolute atomic E-state index is 15.0. The molecule has 1 saturated carbocycles. The molecule has 1 aromatic carbocycles. The highest BCUT2D eigenvalue weighted by Crippen LogP contribution is 2.36. The maximum Gasteiger partial charge on any atom is 0.269 e. The lowest BCUT2D eigenvalue weighted by atomic mass is 9.78. The summed E-state index contributed by atoms with van der Waals surface area (Å²) in [5.74, 6) is -0.0671. The summed E-state index contributed by atoms with van der Waals surface area (Å²) in [5.41, 5.74) is 7.72. The summed E-state index contributed by atoms with van der Waals surface area (Å²) in [7, 11) is -4.04. The molecule has 0 bridgehead atoms. The molecular formula is C29H32FN7O3S. The largest absolute Gasteiger partial charge is 0.383 e. The van der Waals surface area contributed by atoms with Crippen LogP contribution < -0.4 is 5.73 Å². The molecule has 0 radical (unpaired) electrons. The number of aryl methyl sites for hydroxylation is 1. The van der Waals surface area contributed by atoms with Gasteiger partial charge in [0.1, 0.15) is 12.1 Å². The summed E-state index contributed by atoms with van der Waals surface area (Å²) in [6.07, 6.45) is 9.48. The van der Waals surface area contributed by atoms with E-state index in [1.54, 1.807) is 12.1 Å². The number of hydrogen-bond donors (Lipinski definition) is 1. The average Bonchev–Trinajstić information content (AvgIpc) is 3.64. The molecule has 1 amide bonds. The van der Waals surface area contributed by atoms with E-state index in [-0.39, 0.29) is 51.0 Å². The topological polar surface area (TPSA) is 137 Å². The van der Waals surface area contributed by atoms with Gasteiger partial charge in [0.2, 0.25) is 5.91 Å². The van der Waals surface area contributed by atoms with Crippen LogP contribution >= 0.6 is 0 Å². The number of nitrogens with two attached hydrogens (primary N) is 1. The van der Waals surface area contributed by atoms with Crippen LogP contribution in [0.4, 0.5) is 10.2 Å². The second kappa shape index (κ2) is 10.8. The van der Waals surface area contributed by atoms with E-state index in [9.17, 15) is 13.2 Å². The molecule has 1 aliphatic heterocycles. The Labute approximate surface area is 237 Å². The van der Waals surface area contributed by atoms with E-state index in [1.807, 2.05) is 11.8 Å². The van der Waals surface area contributed by atoms with Gasteiger partial charge in [0.25, 0.3) is 10.0 Å². The fourth-order valence-electron chi connectivity index (χ4n) is 6.08. The molecule has 10 nitrogen and oxygen atoms in total. The number of anilines is 1. The Bertz CT molecular complexity index is 1720. The first-order valence-electron chi connectivity index (χ1n) is 14.0. The van der Waals surface area contributed by atoms with Crippen LogP contribution in [0, 0.1) is 24.6 Å². The number of carbonyl (C=O) groups excluding carboxylic acids is 1.